The molecule has 7 heteroatoms. The minimum atomic E-state index is -0.327. The Morgan fingerprint density at radius 1 is 1.14 bits per heavy atom. The average molecular weight is 396 g/mol. The monoisotopic (exact) mass is 396 g/mol. The minimum Gasteiger partial charge on any atom is -0.507 e. The maximum absolute atomic E-state index is 11.9. The second-order valence-corrected chi connectivity index (χ2v) is 7.67. The van der Waals surface area contributed by atoms with Crippen LogP contribution in [0.25, 0.3) is 16.6 Å². The summed E-state index contributed by atoms with van der Waals surface area (Å²) in [6.07, 6.45) is 3.59. The summed E-state index contributed by atoms with van der Waals surface area (Å²) in [4.78, 5) is 12.9. The Bertz CT molecular complexity index is 1050. The minimum absolute atomic E-state index is 0.0886. The van der Waals surface area contributed by atoms with Crippen LogP contribution in [0.5, 0.6) is 11.5 Å². The number of ether oxygens (including phenoxy) is 1. The summed E-state index contributed by atoms with van der Waals surface area (Å²) in [5, 5.41) is 23.1. The smallest absolute Gasteiger partial charge is 0.298 e. The number of hydrogen-bond acceptors (Lipinski definition) is 4. The van der Waals surface area contributed by atoms with Gasteiger partial charge in [0.1, 0.15) is 18.0 Å². The molecule has 1 aromatic heterocycles. The Labute approximate surface area is 169 Å². The SMILES string of the molecule is COc1ccc(-n2c(C)c([N+](=O)[O-])c3ccc(O)c(C[NH+]4CCCCC4)c32)cc1. The fraction of sp³-hybridized carbons (Fsp3) is 0.364. The molecule has 0 unspecified atom stereocenters. The number of methoxy groups -OCH3 is 1. The van der Waals surface area contributed by atoms with Crippen molar-refractivity contribution < 1.29 is 19.7 Å². The lowest BCUT2D eigenvalue weighted by Crippen LogP contribution is -3.11. The fourth-order valence-corrected chi connectivity index (χ4v) is 4.48. The first-order chi connectivity index (χ1) is 14.0. The van der Waals surface area contributed by atoms with Gasteiger partial charge in [0.25, 0.3) is 5.69 Å². The molecule has 1 saturated heterocycles. The van der Waals surface area contributed by atoms with E-state index in [9.17, 15) is 15.2 Å². The lowest BCUT2D eigenvalue weighted by molar-refractivity contribution is -0.918. The number of nitrogens with one attached hydrogen (secondary N) is 1. The molecule has 0 saturated carbocycles. The Morgan fingerprint density at radius 3 is 2.45 bits per heavy atom. The van der Waals surface area contributed by atoms with Crippen molar-refractivity contribution in [2.24, 2.45) is 0 Å². The van der Waals surface area contributed by atoms with Gasteiger partial charge < -0.3 is 19.3 Å². The van der Waals surface area contributed by atoms with Gasteiger partial charge in [-0.2, -0.15) is 0 Å². The topological polar surface area (TPSA) is 82.0 Å². The number of nitrogens with zero attached hydrogens (tertiary/aromatic N) is 2. The Kier molecular flexibility index (Phi) is 5.15. The van der Waals surface area contributed by atoms with Gasteiger partial charge in [0.05, 0.1) is 47.3 Å². The molecule has 2 heterocycles. The largest absolute Gasteiger partial charge is 0.507 e. The van der Waals surface area contributed by atoms with E-state index in [1.54, 1.807) is 26.2 Å². The third kappa shape index (κ3) is 3.42. The average Bonchev–Trinajstić information content (AvgIpc) is 3.03. The summed E-state index contributed by atoms with van der Waals surface area (Å²) >= 11 is 0. The molecule has 0 bridgehead atoms. The predicted octanol–water partition coefficient (Wildman–Crippen LogP) is 3.13. The van der Waals surface area contributed by atoms with Gasteiger partial charge in [-0.25, -0.2) is 0 Å². The fourth-order valence-electron chi connectivity index (χ4n) is 4.48. The number of phenolic OH excluding ortho intramolecular Hbond substituents is 1. The van der Waals surface area contributed by atoms with Crippen molar-refractivity contribution in [1.29, 1.82) is 0 Å². The second kappa shape index (κ2) is 7.75. The van der Waals surface area contributed by atoms with Crippen LogP contribution < -0.4 is 9.64 Å². The maximum atomic E-state index is 11.9. The summed E-state index contributed by atoms with van der Waals surface area (Å²) in [5.74, 6) is 0.913. The summed E-state index contributed by atoms with van der Waals surface area (Å²) in [6, 6.07) is 10.7. The van der Waals surface area contributed by atoms with E-state index in [4.69, 9.17) is 4.74 Å². The van der Waals surface area contributed by atoms with E-state index in [2.05, 4.69) is 0 Å². The first-order valence-corrected chi connectivity index (χ1v) is 9.99. The number of likely N-dealkylation sites (tertiary alicyclic amines) is 1. The van der Waals surface area contributed by atoms with Gasteiger partial charge >= 0.3 is 0 Å². The summed E-state index contributed by atoms with van der Waals surface area (Å²) in [6.45, 7) is 4.52. The third-order valence-electron chi connectivity index (χ3n) is 5.92. The summed E-state index contributed by atoms with van der Waals surface area (Å²) < 4.78 is 7.14. The predicted molar refractivity (Wildman–Crippen MR) is 111 cm³/mol. The maximum Gasteiger partial charge on any atom is 0.298 e. The van der Waals surface area contributed by atoms with E-state index in [0.29, 0.717) is 17.6 Å². The zero-order chi connectivity index (χ0) is 20.5. The molecule has 2 N–H and O–H groups in total. The molecule has 1 aliphatic rings. The van der Waals surface area contributed by atoms with E-state index in [0.717, 1.165) is 35.6 Å². The number of aromatic nitrogens is 1. The zero-order valence-corrected chi connectivity index (χ0v) is 16.8. The molecule has 2 aromatic carbocycles. The van der Waals surface area contributed by atoms with Crippen LogP contribution in [0.2, 0.25) is 0 Å². The van der Waals surface area contributed by atoms with E-state index in [1.807, 2.05) is 28.8 Å². The van der Waals surface area contributed by atoms with Crippen LogP contribution in [-0.2, 0) is 6.54 Å². The van der Waals surface area contributed by atoms with E-state index in [-0.39, 0.29) is 16.4 Å². The van der Waals surface area contributed by atoms with Crippen molar-refractivity contribution >= 4 is 16.6 Å². The number of hydrogen-bond donors (Lipinski definition) is 2. The third-order valence-corrected chi connectivity index (χ3v) is 5.92. The standard InChI is InChI=1S/C22H25N3O4/c1-15-21(25(27)28)18-10-11-20(26)19(14-23-12-4-3-5-13-23)22(18)24(15)16-6-8-17(29-2)9-7-16/h6-11,26H,3-5,12-14H2,1-2H3/p+1. The molecule has 0 spiro atoms. The molecule has 0 radical (unpaired) electrons. The number of rotatable bonds is 5. The first-order valence-electron chi connectivity index (χ1n) is 9.99. The summed E-state index contributed by atoms with van der Waals surface area (Å²) in [5.41, 5.74) is 2.94. The molecule has 7 nitrogen and oxygen atoms in total. The highest BCUT2D eigenvalue weighted by Crippen LogP contribution is 2.39. The van der Waals surface area contributed by atoms with E-state index >= 15 is 0 Å². The Hall–Kier alpha value is -3.06. The van der Waals surface area contributed by atoms with Crippen molar-refractivity contribution in [3.63, 3.8) is 0 Å². The quantitative estimate of drug-likeness (QED) is 0.513. The number of fused-ring (bicyclic) bond motifs is 1. The van der Waals surface area contributed by atoms with Crippen molar-refractivity contribution in [2.75, 3.05) is 20.2 Å². The van der Waals surface area contributed by atoms with Gasteiger partial charge in [-0.3, -0.25) is 10.1 Å². The molecule has 152 valence electrons. The highest BCUT2D eigenvalue weighted by molar-refractivity contribution is 5.96. The number of nitro groups is 1. The number of phenols is 1. The Morgan fingerprint density at radius 2 is 1.83 bits per heavy atom. The molecule has 1 fully saturated rings. The molecular weight excluding hydrogens is 370 g/mol. The van der Waals surface area contributed by atoms with Gasteiger partial charge in [-0.05, 0) is 62.6 Å². The van der Waals surface area contributed by atoms with Crippen LogP contribution >= 0.6 is 0 Å². The van der Waals surface area contributed by atoms with Gasteiger partial charge in [-0.15, -0.1) is 0 Å². The normalized spacial score (nSPS) is 15.0. The van der Waals surface area contributed by atoms with Crippen molar-refractivity contribution in [2.45, 2.75) is 32.7 Å². The van der Waals surface area contributed by atoms with Crippen molar-refractivity contribution in [3.8, 4) is 17.2 Å². The summed E-state index contributed by atoms with van der Waals surface area (Å²) in [7, 11) is 1.60. The van der Waals surface area contributed by atoms with Gasteiger partial charge in [-0.1, -0.05) is 0 Å². The first kappa shape index (κ1) is 19.3. The molecule has 0 aliphatic carbocycles. The number of aromatic hydroxyl groups is 1. The molecule has 29 heavy (non-hydrogen) atoms. The van der Waals surface area contributed by atoms with Gasteiger partial charge in [0.2, 0.25) is 0 Å². The number of piperidine rings is 1. The molecular formula is C22H26N3O4+. The number of benzene rings is 2. The molecule has 1 aliphatic heterocycles. The molecule has 3 aromatic rings. The second-order valence-electron chi connectivity index (χ2n) is 7.67. The van der Waals surface area contributed by atoms with Crippen LogP contribution in [0.4, 0.5) is 5.69 Å². The van der Waals surface area contributed by atoms with E-state index in [1.165, 1.54) is 24.2 Å². The van der Waals surface area contributed by atoms with Gasteiger partial charge in [0, 0.05) is 5.69 Å². The zero-order valence-electron chi connectivity index (χ0n) is 16.8. The van der Waals surface area contributed by atoms with E-state index < -0.39 is 0 Å². The van der Waals surface area contributed by atoms with Crippen molar-refractivity contribution in [3.05, 3.63) is 57.8 Å². The number of quaternary nitrogens is 1. The Balaban J connectivity index is 1.95. The van der Waals surface area contributed by atoms with Crippen LogP contribution in [0.15, 0.2) is 36.4 Å². The molecule has 4 rings (SSSR count). The van der Waals surface area contributed by atoms with Crippen LogP contribution in [0, 0.1) is 17.0 Å². The van der Waals surface area contributed by atoms with Gasteiger partial charge in [0.15, 0.2) is 0 Å². The van der Waals surface area contributed by atoms with Crippen LogP contribution in [0.1, 0.15) is 30.5 Å². The lowest BCUT2D eigenvalue weighted by atomic mass is 10.1. The molecule has 0 amide bonds. The molecule has 0 atom stereocenters. The van der Waals surface area contributed by atoms with Crippen molar-refractivity contribution in [1.82, 2.24) is 4.57 Å². The van der Waals surface area contributed by atoms with Crippen LogP contribution in [-0.4, -0.2) is 34.8 Å². The van der Waals surface area contributed by atoms with Crippen LogP contribution in [0.3, 0.4) is 0 Å². The lowest BCUT2D eigenvalue weighted by Gasteiger charge is -2.24. The highest BCUT2D eigenvalue weighted by Gasteiger charge is 2.29. The highest BCUT2D eigenvalue weighted by atomic mass is 16.6.